The molecule has 1 aromatic carbocycles. The third kappa shape index (κ3) is 3.41. The quantitative estimate of drug-likeness (QED) is 0.838. The smallest absolute Gasteiger partial charge is 0.136 e. The molecule has 2 fully saturated rings. The lowest BCUT2D eigenvalue weighted by Crippen LogP contribution is -2.23. The fourth-order valence-electron chi connectivity index (χ4n) is 4.47. The molecular formula is C21H28N2O. The molecule has 0 amide bonds. The molecule has 2 aromatic rings. The molecule has 4 rings (SSSR count). The molecule has 1 aliphatic heterocycles. The van der Waals surface area contributed by atoms with Crippen molar-refractivity contribution in [2.45, 2.75) is 63.8 Å². The summed E-state index contributed by atoms with van der Waals surface area (Å²) >= 11 is 0. The molecule has 1 aliphatic carbocycles. The van der Waals surface area contributed by atoms with E-state index in [0.717, 1.165) is 32.2 Å². The number of aromatic amines is 1. The molecule has 2 heterocycles. The molecule has 24 heavy (non-hydrogen) atoms. The number of carbonyl (C=O) groups excluding carboxylic acids is 1. The maximum atomic E-state index is 12.3. The number of nitrogens with one attached hydrogen (secondary N) is 2. The third-order valence-corrected chi connectivity index (χ3v) is 5.93. The van der Waals surface area contributed by atoms with Gasteiger partial charge in [-0.05, 0) is 68.3 Å². The molecule has 1 aromatic heterocycles. The van der Waals surface area contributed by atoms with Crippen molar-refractivity contribution >= 4 is 16.7 Å². The van der Waals surface area contributed by atoms with E-state index in [0.29, 0.717) is 24.2 Å². The van der Waals surface area contributed by atoms with Crippen LogP contribution >= 0.6 is 0 Å². The van der Waals surface area contributed by atoms with Crippen molar-refractivity contribution in [2.24, 2.45) is 5.92 Å². The van der Waals surface area contributed by atoms with Gasteiger partial charge in [-0.25, -0.2) is 0 Å². The van der Waals surface area contributed by atoms with E-state index in [1.165, 1.54) is 47.7 Å². The van der Waals surface area contributed by atoms with Crippen LogP contribution in [-0.4, -0.2) is 23.4 Å². The highest BCUT2D eigenvalue weighted by molar-refractivity contribution is 5.84. The molecule has 1 saturated heterocycles. The Morgan fingerprint density at radius 1 is 1.12 bits per heavy atom. The second-order valence-electron chi connectivity index (χ2n) is 7.64. The molecule has 3 nitrogen and oxygen atoms in total. The maximum absolute atomic E-state index is 12.3. The van der Waals surface area contributed by atoms with Crippen LogP contribution in [0.1, 0.15) is 56.1 Å². The first-order valence-corrected chi connectivity index (χ1v) is 9.64. The summed E-state index contributed by atoms with van der Waals surface area (Å²) in [5.41, 5.74) is 3.93. The van der Waals surface area contributed by atoms with Gasteiger partial charge >= 0.3 is 0 Å². The third-order valence-electron chi connectivity index (χ3n) is 5.93. The van der Waals surface area contributed by atoms with Crippen LogP contribution in [0.5, 0.6) is 0 Å². The predicted molar refractivity (Wildman–Crippen MR) is 98.3 cm³/mol. The predicted octanol–water partition coefficient (Wildman–Crippen LogP) is 4.15. The molecule has 2 N–H and O–H groups in total. The molecule has 0 spiro atoms. The number of H-pyrrole nitrogens is 1. The van der Waals surface area contributed by atoms with Gasteiger partial charge in [0.25, 0.3) is 0 Å². The van der Waals surface area contributed by atoms with Crippen LogP contribution in [0, 0.1) is 5.92 Å². The van der Waals surface area contributed by atoms with Gasteiger partial charge in [0.2, 0.25) is 0 Å². The molecule has 0 unspecified atom stereocenters. The average Bonchev–Trinajstić information content (AvgIpc) is 3.35. The number of fused-ring (bicyclic) bond motifs is 1. The number of benzene rings is 1. The van der Waals surface area contributed by atoms with Crippen molar-refractivity contribution in [3.05, 3.63) is 35.5 Å². The largest absolute Gasteiger partial charge is 0.361 e. The van der Waals surface area contributed by atoms with Crippen LogP contribution in [0.3, 0.4) is 0 Å². The van der Waals surface area contributed by atoms with E-state index in [4.69, 9.17) is 0 Å². The fraction of sp³-hybridized carbons (Fsp3) is 0.571. The minimum atomic E-state index is 0.352. The summed E-state index contributed by atoms with van der Waals surface area (Å²) in [7, 11) is 0. The van der Waals surface area contributed by atoms with Gasteiger partial charge in [0.15, 0.2) is 0 Å². The Balaban J connectivity index is 1.44. The number of ketones is 1. The topological polar surface area (TPSA) is 44.9 Å². The number of hydrogen-bond acceptors (Lipinski definition) is 2. The number of rotatable bonds is 6. The van der Waals surface area contributed by atoms with E-state index >= 15 is 0 Å². The summed E-state index contributed by atoms with van der Waals surface area (Å²) in [5, 5.41) is 4.93. The molecule has 1 atom stereocenters. The molecule has 2 aliphatic rings. The van der Waals surface area contributed by atoms with Gasteiger partial charge in [0.05, 0.1) is 0 Å². The molecule has 128 valence electrons. The highest BCUT2D eigenvalue weighted by Crippen LogP contribution is 2.28. The number of Topliss-reactive ketones (excluding diaryl/α,β-unsaturated/α-hetero) is 1. The zero-order valence-corrected chi connectivity index (χ0v) is 14.4. The van der Waals surface area contributed by atoms with Gasteiger partial charge in [-0.2, -0.15) is 0 Å². The van der Waals surface area contributed by atoms with Gasteiger partial charge in [0, 0.05) is 35.5 Å². The van der Waals surface area contributed by atoms with Gasteiger partial charge in [-0.3, -0.25) is 4.79 Å². The minimum absolute atomic E-state index is 0.352. The van der Waals surface area contributed by atoms with Crippen LogP contribution in [0.15, 0.2) is 24.4 Å². The number of hydrogen-bond donors (Lipinski definition) is 2. The summed E-state index contributed by atoms with van der Waals surface area (Å²) in [6, 6.07) is 7.28. The zero-order chi connectivity index (χ0) is 16.4. The van der Waals surface area contributed by atoms with Crippen molar-refractivity contribution in [3.63, 3.8) is 0 Å². The van der Waals surface area contributed by atoms with Gasteiger partial charge < -0.3 is 10.3 Å². The van der Waals surface area contributed by atoms with Gasteiger partial charge in [-0.15, -0.1) is 0 Å². The average molecular weight is 324 g/mol. The lowest BCUT2D eigenvalue weighted by Gasteiger charge is -2.10. The lowest BCUT2D eigenvalue weighted by molar-refractivity contribution is -0.122. The first-order chi connectivity index (χ1) is 11.8. The second kappa shape index (κ2) is 7.10. The van der Waals surface area contributed by atoms with E-state index < -0.39 is 0 Å². The number of aryl methyl sites for hydroxylation is 1. The summed E-state index contributed by atoms with van der Waals surface area (Å²) in [6.07, 6.45) is 12.2. The molecule has 3 heteroatoms. The van der Waals surface area contributed by atoms with E-state index in [1.54, 1.807) is 0 Å². The molecule has 1 saturated carbocycles. The Kier molecular flexibility index (Phi) is 4.70. The monoisotopic (exact) mass is 324 g/mol. The van der Waals surface area contributed by atoms with E-state index in [9.17, 15) is 4.79 Å². The Morgan fingerprint density at radius 2 is 2.00 bits per heavy atom. The fourth-order valence-corrected chi connectivity index (χ4v) is 4.47. The normalized spacial score (nSPS) is 21.8. The van der Waals surface area contributed by atoms with Crippen LogP contribution in [-0.2, 0) is 17.6 Å². The van der Waals surface area contributed by atoms with Crippen molar-refractivity contribution in [3.8, 4) is 0 Å². The van der Waals surface area contributed by atoms with Crippen LogP contribution < -0.4 is 5.32 Å². The van der Waals surface area contributed by atoms with E-state index in [-0.39, 0.29) is 0 Å². The van der Waals surface area contributed by atoms with Crippen molar-refractivity contribution < 1.29 is 4.79 Å². The highest BCUT2D eigenvalue weighted by Gasteiger charge is 2.22. The Morgan fingerprint density at radius 3 is 2.79 bits per heavy atom. The maximum Gasteiger partial charge on any atom is 0.136 e. The standard InChI is InChI=1S/C21H28N2O/c24-21(16-4-1-2-5-16)10-8-15-7-9-20-19(12-15)17(14-23-20)13-18-6-3-11-22-18/h7,9,12,14,16,18,22-23H,1-6,8,10-11,13H2/t18-/m1/s1. The molecule has 0 bridgehead atoms. The summed E-state index contributed by atoms with van der Waals surface area (Å²) in [6.45, 7) is 1.15. The zero-order valence-electron chi connectivity index (χ0n) is 14.4. The minimum Gasteiger partial charge on any atom is -0.361 e. The van der Waals surface area contributed by atoms with Crippen LogP contribution in [0.4, 0.5) is 0 Å². The van der Waals surface area contributed by atoms with Crippen molar-refractivity contribution in [1.82, 2.24) is 10.3 Å². The second-order valence-corrected chi connectivity index (χ2v) is 7.64. The SMILES string of the molecule is O=C(CCc1ccc2[nH]cc(C[C@H]3CCCN3)c2c1)C1CCCC1. The summed E-state index contributed by atoms with van der Waals surface area (Å²) in [5.74, 6) is 0.835. The van der Waals surface area contributed by atoms with Crippen LogP contribution in [0.25, 0.3) is 10.9 Å². The van der Waals surface area contributed by atoms with Gasteiger partial charge in [0.1, 0.15) is 5.78 Å². The van der Waals surface area contributed by atoms with Crippen molar-refractivity contribution in [2.75, 3.05) is 6.54 Å². The number of aromatic nitrogens is 1. The highest BCUT2D eigenvalue weighted by atomic mass is 16.1. The lowest BCUT2D eigenvalue weighted by atomic mass is 9.96. The summed E-state index contributed by atoms with van der Waals surface area (Å²) < 4.78 is 0. The molecular weight excluding hydrogens is 296 g/mol. The van der Waals surface area contributed by atoms with E-state index in [2.05, 4.69) is 34.7 Å². The first-order valence-electron chi connectivity index (χ1n) is 9.64. The Bertz CT molecular complexity index is 706. The Hall–Kier alpha value is -1.61. The molecule has 0 radical (unpaired) electrons. The van der Waals surface area contributed by atoms with E-state index in [1.807, 2.05) is 0 Å². The summed E-state index contributed by atoms with van der Waals surface area (Å²) in [4.78, 5) is 15.7. The first kappa shape index (κ1) is 15.9. The van der Waals surface area contributed by atoms with Gasteiger partial charge in [-0.1, -0.05) is 18.9 Å². The number of carbonyl (C=O) groups is 1. The van der Waals surface area contributed by atoms with Crippen LogP contribution in [0.2, 0.25) is 0 Å². The van der Waals surface area contributed by atoms with Crippen molar-refractivity contribution in [1.29, 1.82) is 0 Å². The Labute approximate surface area is 144 Å².